The lowest BCUT2D eigenvalue weighted by Crippen LogP contribution is -2.43. The molecule has 0 unspecified atom stereocenters. The van der Waals surface area contributed by atoms with Crippen molar-refractivity contribution in [3.05, 3.63) is 0 Å². The van der Waals surface area contributed by atoms with Gasteiger partial charge in [-0.2, -0.15) is 0 Å². The Hall–Kier alpha value is -0.530. The number of carbonyl (C=O) groups is 1. The molecule has 1 rings (SSSR count). The fourth-order valence-corrected chi connectivity index (χ4v) is 3.18. The Bertz CT molecular complexity index is 264. The van der Waals surface area contributed by atoms with Gasteiger partial charge in [0, 0.05) is 18.0 Å². The van der Waals surface area contributed by atoms with Crippen molar-refractivity contribution in [2.45, 2.75) is 91.6 Å². The molecule has 1 amide bonds. The van der Waals surface area contributed by atoms with Gasteiger partial charge in [0.1, 0.15) is 0 Å². The molecule has 1 saturated carbocycles. The van der Waals surface area contributed by atoms with E-state index in [2.05, 4.69) is 39.5 Å². The normalized spacial score (nSPS) is 22.1. The summed E-state index contributed by atoms with van der Waals surface area (Å²) < 4.78 is 0. The molecule has 0 heterocycles. The summed E-state index contributed by atoms with van der Waals surface area (Å²) in [4.78, 5) is 14.5. The molecule has 0 bridgehead atoms. The van der Waals surface area contributed by atoms with E-state index in [4.69, 9.17) is 0 Å². The molecule has 112 valence electrons. The molecule has 0 spiro atoms. The summed E-state index contributed by atoms with van der Waals surface area (Å²) in [6, 6.07) is 0.664. The molecule has 2 atom stereocenters. The second-order valence-electron chi connectivity index (χ2n) is 6.74. The van der Waals surface area contributed by atoms with E-state index in [9.17, 15) is 4.79 Å². The number of unbranched alkanes of at least 4 members (excludes halogenated alkanes) is 4. The van der Waals surface area contributed by atoms with Gasteiger partial charge in [0.15, 0.2) is 0 Å². The van der Waals surface area contributed by atoms with E-state index in [1.165, 1.54) is 38.5 Å². The van der Waals surface area contributed by atoms with Crippen LogP contribution < -0.4 is 0 Å². The van der Waals surface area contributed by atoms with Gasteiger partial charge in [0.05, 0.1) is 0 Å². The molecule has 0 saturated heterocycles. The number of carbonyl (C=O) groups excluding carboxylic acids is 1. The predicted molar refractivity (Wildman–Crippen MR) is 82.1 cm³/mol. The van der Waals surface area contributed by atoms with Gasteiger partial charge in [-0.05, 0) is 46.5 Å². The minimum atomic E-state index is 0.332. The molecule has 0 aliphatic heterocycles. The second-order valence-corrected chi connectivity index (χ2v) is 6.74. The number of nitrogens with zero attached hydrogens (tertiary/aromatic N) is 1. The van der Waals surface area contributed by atoms with E-state index < -0.39 is 0 Å². The van der Waals surface area contributed by atoms with E-state index >= 15 is 0 Å². The van der Waals surface area contributed by atoms with Crippen molar-refractivity contribution in [1.29, 1.82) is 0 Å². The van der Waals surface area contributed by atoms with Crippen molar-refractivity contribution in [3.8, 4) is 0 Å². The van der Waals surface area contributed by atoms with Crippen LogP contribution in [-0.4, -0.2) is 22.9 Å². The van der Waals surface area contributed by atoms with E-state index in [0.717, 1.165) is 6.42 Å². The molecule has 1 aliphatic rings. The fourth-order valence-electron chi connectivity index (χ4n) is 3.18. The van der Waals surface area contributed by atoms with Crippen LogP contribution in [0.5, 0.6) is 0 Å². The molecule has 19 heavy (non-hydrogen) atoms. The predicted octanol–water partition coefficient (Wildman–Crippen LogP) is 4.63. The van der Waals surface area contributed by atoms with Gasteiger partial charge in [-0.1, -0.05) is 39.0 Å². The Kier molecular flexibility index (Phi) is 6.88. The first-order chi connectivity index (χ1) is 8.99. The molecule has 0 N–H and O–H groups in total. The summed E-state index contributed by atoms with van der Waals surface area (Å²) in [6.07, 6.45) is 9.11. The van der Waals surface area contributed by atoms with Crippen molar-refractivity contribution in [2.24, 2.45) is 11.8 Å². The third kappa shape index (κ3) is 5.16. The van der Waals surface area contributed by atoms with E-state index in [1.54, 1.807) is 0 Å². The van der Waals surface area contributed by atoms with Crippen molar-refractivity contribution in [2.75, 3.05) is 0 Å². The summed E-state index contributed by atoms with van der Waals surface area (Å²) in [5.41, 5.74) is 0. The number of amides is 1. The van der Waals surface area contributed by atoms with Crippen molar-refractivity contribution >= 4 is 5.91 Å². The summed E-state index contributed by atoms with van der Waals surface area (Å²) in [7, 11) is 0. The van der Waals surface area contributed by atoms with Gasteiger partial charge in [-0.25, -0.2) is 0 Å². The molecule has 1 fully saturated rings. The smallest absolute Gasteiger partial charge is 0.226 e. The maximum Gasteiger partial charge on any atom is 0.226 e. The summed E-state index contributed by atoms with van der Waals surface area (Å²) in [5.74, 6) is 1.44. The fraction of sp³-hybridized carbons (Fsp3) is 0.941. The number of hydrogen-bond donors (Lipinski definition) is 0. The molecule has 0 radical (unpaired) electrons. The average Bonchev–Trinajstić information content (AvgIpc) is 3.07. The SMILES string of the molecule is CCCCCCC[C@H]1C[C@@H]1C(=O)N(C(C)C)C(C)C. The Morgan fingerprint density at radius 1 is 1.05 bits per heavy atom. The first kappa shape index (κ1) is 16.5. The van der Waals surface area contributed by atoms with Crippen LogP contribution in [0.3, 0.4) is 0 Å². The molecular weight excluding hydrogens is 234 g/mol. The van der Waals surface area contributed by atoms with Crippen molar-refractivity contribution in [3.63, 3.8) is 0 Å². The molecule has 0 aromatic heterocycles. The zero-order chi connectivity index (χ0) is 14.4. The highest BCUT2D eigenvalue weighted by Crippen LogP contribution is 2.44. The van der Waals surface area contributed by atoms with Crippen LogP contribution in [0, 0.1) is 11.8 Å². The van der Waals surface area contributed by atoms with Crippen molar-refractivity contribution in [1.82, 2.24) is 4.90 Å². The first-order valence-corrected chi connectivity index (χ1v) is 8.31. The monoisotopic (exact) mass is 267 g/mol. The van der Waals surface area contributed by atoms with Gasteiger partial charge >= 0.3 is 0 Å². The maximum atomic E-state index is 12.5. The van der Waals surface area contributed by atoms with Crippen LogP contribution >= 0.6 is 0 Å². The van der Waals surface area contributed by atoms with Gasteiger partial charge in [-0.15, -0.1) is 0 Å². The van der Waals surface area contributed by atoms with Crippen LogP contribution in [0.1, 0.15) is 79.6 Å². The molecular formula is C17H33NO. The van der Waals surface area contributed by atoms with Crippen LogP contribution in [0.15, 0.2) is 0 Å². The molecule has 2 heteroatoms. The van der Waals surface area contributed by atoms with Gasteiger partial charge < -0.3 is 4.90 Å². The van der Waals surface area contributed by atoms with Gasteiger partial charge in [0.25, 0.3) is 0 Å². The second kappa shape index (κ2) is 7.91. The Morgan fingerprint density at radius 2 is 1.63 bits per heavy atom. The lowest BCUT2D eigenvalue weighted by atomic mass is 10.1. The summed E-state index contributed by atoms with van der Waals surface area (Å²) in [6.45, 7) is 10.8. The molecule has 1 aliphatic carbocycles. The average molecular weight is 267 g/mol. The highest BCUT2D eigenvalue weighted by molar-refractivity contribution is 5.82. The zero-order valence-electron chi connectivity index (χ0n) is 13.6. The van der Waals surface area contributed by atoms with Crippen LogP contribution in [0.2, 0.25) is 0 Å². The number of hydrogen-bond acceptors (Lipinski definition) is 1. The molecule has 2 nitrogen and oxygen atoms in total. The number of rotatable bonds is 9. The Morgan fingerprint density at radius 3 is 2.16 bits per heavy atom. The Labute approximate surface area is 119 Å². The Balaban J connectivity index is 2.26. The minimum absolute atomic E-state index is 0.332. The quantitative estimate of drug-likeness (QED) is 0.558. The zero-order valence-corrected chi connectivity index (χ0v) is 13.6. The van der Waals surface area contributed by atoms with Gasteiger partial charge in [-0.3, -0.25) is 4.79 Å². The largest absolute Gasteiger partial charge is 0.338 e. The molecule has 0 aromatic rings. The lowest BCUT2D eigenvalue weighted by molar-refractivity contribution is -0.136. The highest BCUT2D eigenvalue weighted by atomic mass is 16.2. The van der Waals surface area contributed by atoms with E-state index in [0.29, 0.717) is 29.8 Å². The highest BCUT2D eigenvalue weighted by Gasteiger charge is 2.44. The first-order valence-electron chi connectivity index (χ1n) is 8.31. The standard InChI is InChI=1S/C17H33NO/c1-6-7-8-9-10-11-15-12-16(15)17(19)18(13(2)3)14(4)5/h13-16H,6-12H2,1-5H3/t15-,16-/m0/s1. The van der Waals surface area contributed by atoms with Crippen LogP contribution in [0.4, 0.5) is 0 Å². The van der Waals surface area contributed by atoms with Crippen LogP contribution in [0.25, 0.3) is 0 Å². The van der Waals surface area contributed by atoms with E-state index in [1.807, 2.05) is 0 Å². The summed E-state index contributed by atoms with van der Waals surface area (Å²) >= 11 is 0. The van der Waals surface area contributed by atoms with Gasteiger partial charge in [0.2, 0.25) is 5.91 Å². The summed E-state index contributed by atoms with van der Waals surface area (Å²) in [5, 5.41) is 0. The minimum Gasteiger partial charge on any atom is -0.338 e. The lowest BCUT2D eigenvalue weighted by Gasteiger charge is -2.31. The topological polar surface area (TPSA) is 20.3 Å². The van der Waals surface area contributed by atoms with Crippen LogP contribution in [-0.2, 0) is 4.79 Å². The third-order valence-electron chi connectivity index (χ3n) is 4.29. The maximum absolute atomic E-state index is 12.5. The molecule has 0 aromatic carbocycles. The van der Waals surface area contributed by atoms with Crippen molar-refractivity contribution < 1.29 is 4.79 Å². The van der Waals surface area contributed by atoms with E-state index in [-0.39, 0.29) is 0 Å². The third-order valence-corrected chi connectivity index (χ3v) is 4.29.